The Morgan fingerprint density at radius 3 is 2.53 bits per heavy atom. The van der Waals surface area contributed by atoms with Gasteiger partial charge in [0.2, 0.25) is 5.88 Å². The minimum atomic E-state index is -5.05. The van der Waals surface area contributed by atoms with Gasteiger partial charge in [-0.25, -0.2) is 9.07 Å². The number of carbonyl (C=O) groups is 1. The van der Waals surface area contributed by atoms with Crippen molar-refractivity contribution in [3.05, 3.63) is 63.7 Å². The van der Waals surface area contributed by atoms with Gasteiger partial charge in [-0.3, -0.25) is 14.9 Å². The maximum absolute atomic E-state index is 13.9. The summed E-state index contributed by atoms with van der Waals surface area (Å²) in [6, 6.07) is 4.60. The number of hydrogen-bond acceptors (Lipinski definition) is 7. The van der Waals surface area contributed by atoms with Crippen molar-refractivity contribution in [3.63, 3.8) is 0 Å². The lowest BCUT2D eigenvalue weighted by Gasteiger charge is -2.12. The maximum Gasteiger partial charge on any atom is 0.434 e. The SMILES string of the molecule is COc1ccc(-n2ncc(C(=O)Nc3cc([N+](=O)[O-])ccc3F)c2C(F)(F)F)nn1. The number of methoxy groups -OCH3 is 1. The lowest BCUT2D eigenvalue weighted by molar-refractivity contribution is -0.384. The Morgan fingerprint density at radius 1 is 1.23 bits per heavy atom. The second-order valence-electron chi connectivity index (χ2n) is 5.63. The van der Waals surface area contributed by atoms with Gasteiger partial charge in [0.25, 0.3) is 11.6 Å². The number of carbonyl (C=O) groups excluding carboxylic acids is 1. The monoisotopic (exact) mass is 426 g/mol. The molecule has 10 nitrogen and oxygen atoms in total. The molecule has 1 N–H and O–H groups in total. The molecule has 156 valence electrons. The van der Waals surface area contributed by atoms with E-state index in [4.69, 9.17) is 4.74 Å². The number of nitro benzene ring substituents is 1. The number of hydrogen-bond donors (Lipinski definition) is 1. The van der Waals surface area contributed by atoms with Crippen molar-refractivity contribution >= 4 is 17.3 Å². The van der Waals surface area contributed by atoms with Crippen LogP contribution in [-0.2, 0) is 6.18 Å². The zero-order valence-electron chi connectivity index (χ0n) is 14.8. The van der Waals surface area contributed by atoms with E-state index in [1.165, 1.54) is 13.2 Å². The molecule has 0 saturated carbocycles. The van der Waals surface area contributed by atoms with Crippen LogP contribution >= 0.6 is 0 Å². The van der Waals surface area contributed by atoms with E-state index in [-0.39, 0.29) is 11.7 Å². The van der Waals surface area contributed by atoms with Crippen molar-refractivity contribution in [1.82, 2.24) is 20.0 Å². The van der Waals surface area contributed by atoms with Gasteiger partial charge in [0.15, 0.2) is 11.5 Å². The molecule has 1 aromatic carbocycles. The fraction of sp³-hybridized carbons (Fsp3) is 0.125. The van der Waals surface area contributed by atoms with Crippen molar-refractivity contribution in [3.8, 4) is 11.7 Å². The van der Waals surface area contributed by atoms with Crippen LogP contribution in [0.2, 0.25) is 0 Å². The maximum atomic E-state index is 13.9. The molecular formula is C16H10F4N6O4. The molecule has 3 rings (SSSR count). The molecule has 2 heterocycles. The molecule has 1 amide bonds. The van der Waals surface area contributed by atoms with E-state index in [2.05, 4.69) is 15.3 Å². The van der Waals surface area contributed by atoms with Gasteiger partial charge in [-0.05, 0) is 12.1 Å². The first-order valence-corrected chi connectivity index (χ1v) is 7.90. The van der Waals surface area contributed by atoms with Crippen LogP contribution in [0.25, 0.3) is 5.82 Å². The third-order valence-electron chi connectivity index (χ3n) is 3.74. The van der Waals surface area contributed by atoms with Crippen LogP contribution in [0.5, 0.6) is 5.88 Å². The minimum Gasteiger partial charge on any atom is -0.480 e. The van der Waals surface area contributed by atoms with Crippen LogP contribution in [0.1, 0.15) is 16.1 Å². The Morgan fingerprint density at radius 2 is 1.97 bits per heavy atom. The highest BCUT2D eigenvalue weighted by Gasteiger charge is 2.41. The average molecular weight is 426 g/mol. The van der Waals surface area contributed by atoms with Gasteiger partial charge in [0.1, 0.15) is 5.82 Å². The van der Waals surface area contributed by atoms with Crippen molar-refractivity contribution in [2.75, 3.05) is 12.4 Å². The van der Waals surface area contributed by atoms with Crippen LogP contribution in [0.15, 0.2) is 36.5 Å². The summed E-state index contributed by atoms with van der Waals surface area (Å²) < 4.78 is 59.9. The largest absolute Gasteiger partial charge is 0.480 e. The van der Waals surface area contributed by atoms with Crippen molar-refractivity contribution in [2.45, 2.75) is 6.18 Å². The van der Waals surface area contributed by atoms with E-state index in [1.807, 2.05) is 5.32 Å². The Labute approximate surface area is 164 Å². The second-order valence-corrected chi connectivity index (χ2v) is 5.63. The van der Waals surface area contributed by atoms with Gasteiger partial charge in [0.05, 0.1) is 29.5 Å². The van der Waals surface area contributed by atoms with E-state index in [0.717, 1.165) is 12.1 Å². The van der Waals surface area contributed by atoms with Crippen molar-refractivity contribution in [2.24, 2.45) is 0 Å². The Kier molecular flexibility index (Phi) is 5.31. The van der Waals surface area contributed by atoms with Crippen LogP contribution in [0, 0.1) is 15.9 Å². The van der Waals surface area contributed by atoms with Gasteiger partial charge < -0.3 is 10.1 Å². The first-order valence-electron chi connectivity index (χ1n) is 7.90. The summed E-state index contributed by atoms with van der Waals surface area (Å²) >= 11 is 0. The standard InChI is InChI=1S/C16H10F4N6O4/c1-30-13-5-4-12(23-24-13)25-14(16(18,19)20)9(7-21-25)15(27)22-11-6-8(26(28)29)2-3-10(11)17/h2-7H,1H3,(H,22,27). The predicted octanol–water partition coefficient (Wildman–Crippen LogP) is 2.99. The molecule has 0 spiro atoms. The van der Waals surface area contributed by atoms with Gasteiger partial charge in [0, 0.05) is 18.2 Å². The summed E-state index contributed by atoms with van der Waals surface area (Å²) in [5, 5.41) is 23.3. The van der Waals surface area contributed by atoms with Crippen LogP contribution in [0.3, 0.4) is 0 Å². The molecule has 0 fully saturated rings. The zero-order valence-corrected chi connectivity index (χ0v) is 14.8. The third kappa shape index (κ3) is 4.01. The number of alkyl halides is 3. The Hall–Kier alpha value is -4.10. The average Bonchev–Trinajstić information content (AvgIpc) is 3.15. The van der Waals surface area contributed by atoms with Crippen LogP contribution < -0.4 is 10.1 Å². The van der Waals surface area contributed by atoms with Gasteiger partial charge in [-0.2, -0.15) is 18.3 Å². The minimum absolute atomic E-state index is 0.0404. The number of benzene rings is 1. The third-order valence-corrected chi connectivity index (χ3v) is 3.74. The zero-order chi connectivity index (χ0) is 22.1. The molecule has 14 heteroatoms. The van der Waals surface area contributed by atoms with E-state index < -0.39 is 45.5 Å². The molecular weight excluding hydrogens is 416 g/mol. The summed E-state index contributed by atoms with van der Waals surface area (Å²) in [7, 11) is 1.29. The lowest BCUT2D eigenvalue weighted by Crippen LogP contribution is -2.21. The topological polar surface area (TPSA) is 125 Å². The first-order chi connectivity index (χ1) is 14.1. The molecule has 3 aromatic rings. The van der Waals surface area contributed by atoms with E-state index in [0.29, 0.717) is 23.0 Å². The Balaban J connectivity index is 2.02. The number of anilines is 1. The summed E-state index contributed by atoms with van der Waals surface area (Å²) in [6.07, 6.45) is -4.44. The van der Waals surface area contributed by atoms with E-state index in [1.54, 1.807) is 0 Å². The predicted molar refractivity (Wildman–Crippen MR) is 91.7 cm³/mol. The molecule has 0 aliphatic carbocycles. The number of ether oxygens (including phenoxy) is 1. The number of non-ortho nitro benzene ring substituents is 1. The van der Waals surface area contributed by atoms with Gasteiger partial charge >= 0.3 is 6.18 Å². The van der Waals surface area contributed by atoms with Gasteiger partial charge in [-0.1, -0.05) is 0 Å². The molecule has 30 heavy (non-hydrogen) atoms. The molecule has 0 atom stereocenters. The highest BCUT2D eigenvalue weighted by Crippen LogP contribution is 2.34. The molecule has 0 saturated heterocycles. The van der Waals surface area contributed by atoms with E-state index >= 15 is 0 Å². The number of amides is 1. The van der Waals surface area contributed by atoms with Crippen LogP contribution in [0.4, 0.5) is 28.9 Å². The molecule has 0 aliphatic rings. The summed E-state index contributed by atoms with van der Waals surface area (Å²) in [5.74, 6) is -2.77. The number of rotatable bonds is 5. The molecule has 0 bridgehead atoms. The quantitative estimate of drug-likeness (QED) is 0.378. The molecule has 0 aliphatic heterocycles. The smallest absolute Gasteiger partial charge is 0.434 e. The molecule has 0 radical (unpaired) electrons. The van der Waals surface area contributed by atoms with E-state index in [9.17, 15) is 32.5 Å². The summed E-state index contributed by atoms with van der Waals surface area (Å²) in [6.45, 7) is 0. The lowest BCUT2D eigenvalue weighted by atomic mass is 10.2. The number of nitrogens with one attached hydrogen (secondary N) is 1. The number of halogens is 4. The fourth-order valence-corrected chi connectivity index (χ4v) is 2.41. The molecule has 0 unspecified atom stereocenters. The number of nitrogens with zero attached hydrogens (tertiary/aromatic N) is 5. The molecule has 2 aromatic heterocycles. The second kappa shape index (κ2) is 7.73. The number of nitro groups is 1. The number of aromatic nitrogens is 4. The Bertz CT molecular complexity index is 1110. The van der Waals surface area contributed by atoms with Gasteiger partial charge in [-0.15, -0.1) is 10.2 Å². The first kappa shape index (κ1) is 20.6. The fourth-order valence-electron chi connectivity index (χ4n) is 2.41. The van der Waals surface area contributed by atoms with Crippen molar-refractivity contribution in [1.29, 1.82) is 0 Å². The highest BCUT2D eigenvalue weighted by molar-refractivity contribution is 6.05. The summed E-state index contributed by atoms with van der Waals surface area (Å²) in [5.41, 5.74) is -3.68. The van der Waals surface area contributed by atoms with Crippen LogP contribution in [-0.4, -0.2) is 37.9 Å². The van der Waals surface area contributed by atoms with Crippen molar-refractivity contribution < 1.29 is 32.0 Å². The summed E-state index contributed by atoms with van der Waals surface area (Å²) in [4.78, 5) is 22.4. The normalized spacial score (nSPS) is 11.2. The highest BCUT2D eigenvalue weighted by atomic mass is 19.4.